The number of nitrogens with two attached hydrogens (primary N) is 1. The molecule has 0 amide bonds. The summed E-state index contributed by atoms with van der Waals surface area (Å²) in [6.45, 7) is 3.18. The van der Waals surface area contributed by atoms with Gasteiger partial charge < -0.3 is 20.1 Å². The van der Waals surface area contributed by atoms with E-state index in [4.69, 9.17) is 15.2 Å². The van der Waals surface area contributed by atoms with Crippen molar-refractivity contribution in [2.75, 3.05) is 33.9 Å². The van der Waals surface area contributed by atoms with Crippen molar-refractivity contribution in [2.45, 2.75) is 38.1 Å². The lowest BCUT2D eigenvalue weighted by Gasteiger charge is -2.28. The Hall–Kier alpha value is -1.26. The number of hydrogen-bond acceptors (Lipinski definition) is 4. The minimum Gasteiger partial charge on any atom is -0.497 e. The summed E-state index contributed by atoms with van der Waals surface area (Å²) >= 11 is 0. The van der Waals surface area contributed by atoms with Gasteiger partial charge in [-0.05, 0) is 44.1 Å². The lowest BCUT2D eigenvalue weighted by Crippen LogP contribution is -2.34. The number of hydrogen-bond donors (Lipinski definition) is 1. The molecule has 1 aliphatic heterocycles. The molecule has 1 heterocycles. The summed E-state index contributed by atoms with van der Waals surface area (Å²) in [5.41, 5.74) is 7.47. The maximum Gasteiger partial charge on any atom is 0.123 e. The average molecular weight is 292 g/mol. The molecular formula is C17H28N2O2. The standard InChI is InChI=1S/C17H28N2O2/c1-20-14-8-9-17(21-2)15(12-14)16(18)13-19-10-6-4-3-5-7-11-19/h8-9,12,16H,3-7,10-11,13,18H2,1-2H3. The molecule has 1 aliphatic rings. The molecule has 1 atom stereocenters. The first-order chi connectivity index (χ1) is 10.2. The first kappa shape index (κ1) is 16.1. The Balaban J connectivity index is 2.05. The van der Waals surface area contributed by atoms with E-state index in [0.717, 1.165) is 36.7 Å². The lowest BCUT2D eigenvalue weighted by molar-refractivity contribution is 0.232. The van der Waals surface area contributed by atoms with Crippen molar-refractivity contribution in [3.8, 4) is 11.5 Å². The van der Waals surface area contributed by atoms with Crippen LogP contribution in [0.15, 0.2) is 18.2 Å². The van der Waals surface area contributed by atoms with Crippen LogP contribution in [0.4, 0.5) is 0 Å². The van der Waals surface area contributed by atoms with Gasteiger partial charge in [0.1, 0.15) is 11.5 Å². The fourth-order valence-corrected chi connectivity index (χ4v) is 3.00. The second-order valence-corrected chi connectivity index (χ2v) is 5.78. The zero-order valence-corrected chi connectivity index (χ0v) is 13.3. The highest BCUT2D eigenvalue weighted by atomic mass is 16.5. The number of likely N-dealkylation sites (tertiary alicyclic amines) is 1. The van der Waals surface area contributed by atoms with Crippen molar-refractivity contribution in [2.24, 2.45) is 5.73 Å². The zero-order valence-electron chi connectivity index (χ0n) is 13.3. The Labute approximate surface area is 128 Å². The summed E-state index contributed by atoms with van der Waals surface area (Å²) in [6, 6.07) is 5.79. The summed E-state index contributed by atoms with van der Waals surface area (Å²) < 4.78 is 10.8. The van der Waals surface area contributed by atoms with Crippen molar-refractivity contribution in [3.05, 3.63) is 23.8 Å². The highest BCUT2D eigenvalue weighted by molar-refractivity contribution is 5.42. The summed E-state index contributed by atoms with van der Waals surface area (Å²) in [5.74, 6) is 1.67. The predicted octanol–water partition coefficient (Wildman–Crippen LogP) is 2.97. The van der Waals surface area contributed by atoms with Crippen LogP contribution in [0.5, 0.6) is 11.5 Å². The smallest absolute Gasteiger partial charge is 0.123 e. The molecule has 2 rings (SSSR count). The van der Waals surface area contributed by atoms with Crippen LogP contribution in [0.2, 0.25) is 0 Å². The fraction of sp³-hybridized carbons (Fsp3) is 0.647. The van der Waals surface area contributed by atoms with Crippen molar-refractivity contribution in [1.29, 1.82) is 0 Å². The molecule has 21 heavy (non-hydrogen) atoms. The van der Waals surface area contributed by atoms with Gasteiger partial charge in [0.05, 0.1) is 14.2 Å². The summed E-state index contributed by atoms with van der Waals surface area (Å²) in [4.78, 5) is 2.49. The Morgan fingerprint density at radius 1 is 1.05 bits per heavy atom. The summed E-state index contributed by atoms with van der Waals surface area (Å²) in [7, 11) is 3.36. The van der Waals surface area contributed by atoms with E-state index in [1.165, 1.54) is 32.1 Å². The highest BCUT2D eigenvalue weighted by Crippen LogP contribution is 2.29. The van der Waals surface area contributed by atoms with Gasteiger partial charge in [0.2, 0.25) is 0 Å². The molecule has 1 aromatic carbocycles. The van der Waals surface area contributed by atoms with Crippen LogP contribution < -0.4 is 15.2 Å². The first-order valence-corrected chi connectivity index (χ1v) is 7.94. The molecule has 0 radical (unpaired) electrons. The molecule has 1 saturated heterocycles. The molecule has 0 spiro atoms. The SMILES string of the molecule is COc1ccc(OC)c(C(N)CN2CCCCCCC2)c1. The second-order valence-electron chi connectivity index (χ2n) is 5.78. The number of ether oxygens (including phenoxy) is 2. The molecule has 0 aromatic heterocycles. The molecule has 1 fully saturated rings. The molecule has 118 valence electrons. The van der Waals surface area contributed by atoms with Crippen LogP contribution in [0.3, 0.4) is 0 Å². The topological polar surface area (TPSA) is 47.7 Å². The first-order valence-electron chi connectivity index (χ1n) is 7.94. The van der Waals surface area contributed by atoms with Crippen molar-refractivity contribution < 1.29 is 9.47 Å². The zero-order chi connectivity index (χ0) is 15.1. The maximum atomic E-state index is 6.44. The normalized spacial score (nSPS) is 18.6. The summed E-state index contributed by atoms with van der Waals surface area (Å²) in [6.07, 6.45) is 6.62. The predicted molar refractivity (Wildman–Crippen MR) is 86.0 cm³/mol. The number of benzene rings is 1. The van der Waals surface area contributed by atoms with E-state index in [-0.39, 0.29) is 6.04 Å². The number of methoxy groups -OCH3 is 2. The minimum atomic E-state index is -0.0468. The van der Waals surface area contributed by atoms with Gasteiger partial charge in [-0.3, -0.25) is 0 Å². The Kier molecular flexibility index (Phi) is 6.33. The van der Waals surface area contributed by atoms with Crippen LogP contribution in [0.25, 0.3) is 0 Å². The van der Waals surface area contributed by atoms with Crippen molar-refractivity contribution >= 4 is 0 Å². The molecule has 0 aliphatic carbocycles. The van der Waals surface area contributed by atoms with E-state index >= 15 is 0 Å². The monoisotopic (exact) mass is 292 g/mol. The van der Waals surface area contributed by atoms with Gasteiger partial charge in [-0.2, -0.15) is 0 Å². The van der Waals surface area contributed by atoms with E-state index in [1.807, 2.05) is 18.2 Å². The Bertz CT molecular complexity index is 429. The third-order valence-electron chi connectivity index (χ3n) is 4.24. The minimum absolute atomic E-state index is 0.0468. The quantitative estimate of drug-likeness (QED) is 0.906. The van der Waals surface area contributed by atoms with E-state index < -0.39 is 0 Å². The largest absolute Gasteiger partial charge is 0.497 e. The van der Waals surface area contributed by atoms with Crippen LogP contribution in [-0.2, 0) is 0 Å². The molecule has 0 bridgehead atoms. The Morgan fingerprint density at radius 3 is 2.33 bits per heavy atom. The van der Waals surface area contributed by atoms with Gasteiger partial charge in [-0.25, -0.2) is 0 Å². The molecule has 4 nitrogen and oxygen atoms in total. The van der Waals surface area contributed by atoms with Crippen molar-refractivity contribution in [1.82, 2.24) is 4.90 Å². The highest BCUT2D eigenvalue weighted by Gasteiger charge is 2.17. The number of rotatable bonds is 5. The molecule has 0 saturated carbocycles. The van der Waals surface area contributed by atoms with Gasteiger partial charge in [0.25, 0.3) is 0 Å². The van der Waals surface area contributed by atoms with Gasteiger partial charge in [-0.15, -0.1) is 0 Å². The van der Waals surface area contributed by atoms with E-state index in [9.17, 15) is 0 Å². The van der Waals surface area contributed by atoms with Crippen molar-refractivity contribution in [3.63, 3.8) is 0 Å². The molecule has 1 aromatic rings. The van der Waals surface area contributed by atoms with E-state index in [1.54, 1.807) is 14.2 Å². The average Bonchev–Trinajstić information content (AvgIpc) is 2.49. The molecule has 1 unspecified atom stereocenters. The van der Waals surface area contributed by atoms with Gasteiger partial charge >= 0.3 is 0 Å². The third-order valence-corrected chi connectivity index (χ3v) is 4.24. The molecule has 2 N–H and O–H groups in total. The van der Waals surface area contributed by atoms with Gasteiger partial charge in [0, 0.05) is 18.2 Å². The van der Waals surface area contributed by atoms with Gasteiger partial charge in [0.15, 0.2) is 0 Å². The second kappa shape index (κ2) is 8.25. The molecule has 4 heteroatoms. The van der Waals surface area contributed by atoms with Crippen LogP contribution in [-0.4, -0.2) is 38.8 Å². The third kappa shape index (κ3) is 4.61. The van der Waals surface area contributed by atoms with E-state index in [2.05, 4.69) is 4.90 Å². The lowest BCUT2D eigenvalue weighted by atomic mass is 10.0. The van der Waals surface area contributed by atoms with Crippen LogP contribution in [0.1, 0.15) is 43.7 Å². The van der Waals surface area contributed by atoms with Gasteiger partial charge in [-0.1, -0.05) is 19.3 Å². The Morgan fingerprint density at radius 2 is 1.71 bits per heavy atom. The number of nitrogens with zero attached hydrogens (tertiary/aromatic N) is 1. The molecular weight excluding hydrogens is 264 g/mol. The van der Waals surface area contributed by atoms with E-state index in [0.29, 0.717) is 0 Å². The fourth-order valence-electron chi connectivity index (χ4n) is 3.00. The maximum absolute atomic E-state index is 6.44. The van der Waals surface area contributed by atoms with Crippen LogP contribution >= 0.6 is 0 Å². The summed E-state index contributed by atoms with van der Waals surface area (Å²) in [5, 5.41) is 0. The van der Waals surface area contributed by atoms with Crippen LogP contribution in [0, 0.1) is 0 Å².